The second-order valence-electron chi connectivity index (χ2n) is 3.17. The molecule has 0 radical (unpaired) electrons. The van der Waals surface area contributed by atoms with Gasteiger partial charge in [-0.3, -0.25) is 0 Å². The van der Waals surface area contributed by atoms with Crippen molar-refractivity contribution in [1.82, 2.24) is 15.3 Å². The van der Waals surface area contributed by atoms with Crippen LogP contribution < -0.4 is 5.32 Å². The van der Waals surface area contributed by atoms with Crippen LogP contribution in [0.3, 0.4) is 0 Å². The summed E-state index contributed by atoms with van der Waals surface area (Å²) >= 11 is 0. The lowest BCUT2D eigenvalue weighted by atomic mass is 10.2. The number of fused-ring (bicyclic) bond motifs is 1. The van der Waals surface area contributed by atoms with E-state index < -0.39 is 0 Å². The molecule has 0 saturated carbocycles. The van der Waals surface area contributed by atoms with Crippen molar-refractivity contribution in [3.8, 4) is 0 Å². The van der Waals surface area contributed by atoms with Crippen molar-refractivity contribution in [2.45, 2.75) is 6.04 Å². The molecule has 4 nitrogen and oxygen atoms in total. The molecule has 3 N–H and O–H groups in total. The van der Waals surface area contributed by atoms with Crippen LogP contribution in [0.25, 0.3) is 11.0 Å². The number of aromatic amines is 1. The number of pyridine rings is 1. The van der Waals surface area contributed by atoms with E-state index in [-0.39, 0.29) is 12.6 Å². The second-order valence-corrected chi connectivity index (χ2v) is 3.17. The first-order chi connectivity index (χ1) is 6.85. The van der Waals surface area contributed by atoms with E-state index in [9.17, 15) is 0 Å². The fourth-order valence-corrected chi connectivity index (χ4v) is 1.48. The molecule has 0 spiro atoms. The fourth-order valence-electron chi connectivity index (χ4n) is 1.48. The highest BCUT2D eigenvalue weighted by atomic mass is 16.3. The van der Waals surface area contributed by atoms with Crippen LogP contribution in [0.2, 0.25) is 0 Å². The average molecular weight is 191 g/mol. The number of aliphatic hydroxyl groups excluding tert-OH is 1. The summed E-state index contributed by atoms with van der Waals surface area (Å²) in [4.78, 5) is 7.50. The first kappa shape index (κ1) is 9.18. The number of aliphatic hydroxyl groups is 1. The molecule has 0 aliphatic carbocycles. The summed E-state index contributed by atoms with van der Waals surface area (Å²) in [6.45, 7) is 0.0550. The number of likely N-dealkylation sites (N-methyl/N-ethyl adjacent to an activating group) is 1. The number of rotatable bonds is 3. The normalized spacial score (nSPS) is 13.3. The Kier molecular flexibility index (Phi) is 2.47. The molecular formula is C10H13N3O. The minimum absolute atomic E-state index is 0.0550. The lowest BCUT2D eigenvalue weighted by molar-refractivity contribution is 0.249. The summed E-state index contributed by atoms with van der Waals surface area (Å²) in [5.41, 5.74) is 2.81. The van der Waals surface area contributed by atoms with Crippen LogP contribution in [0.15, 0.2) is 24.4 Å². The van der Waals surface area contributed by atoms with Gasteiger partial charge in [-0.05, 0) is 25.2 Å². The van der Waals surface area contributed by atoms with E-state index in [0.717, 1.165) is 16.7 Å². The number of nitrogens with one attached hydrogen (secondary N) is 2. The van der Waals surface area contributed by atoms with Crippen molar-refractivity contribution in [2.24, 2.45) is 0 Å². The van der Waals surface area contributed by atoms with Gasteiger partial charge in [0, 0.05) is 6.20 Å². The smallest absolute Gasteiger partial charge is 0.0882 e. The van der Waals surface area contributed by atoms with Gasteiger partial charge in [-0.2, -0.15) is 0 Å². The Balaban J connectivity index is 2.42. The third-order valence-electron chi connectivity index (χ3n) is 2.31. The Labute approximate surface area is 82.0 Å². The summed E-state index contributed by atoms with van der Waals surface area (Å²) in [5.74, 6) is 0. The van der Waals surface area contributed by atoms with Crippen molar-refractivity contribution in [3.63, 3.8) is 0 Å². The van der Waals surface area contributed by atoms with Crippen LogP contribution in [-0.2, 0) is 0 Å². The van der Waals surface area contributed by atoms with Gasteiger partial charge in [-0.15, -0.1) is 0 Å². The molecule has 74 valence electrons. The van der Waals surface area contributed by atoms with Gasteiger partial charge in [0.1, 0.15) is 0 Å². The number of nitrogens with zero attached hydrogens (tertiary/aromatic N) is 1. The van der Waals surface area contributed by atoms with Gasteiger partial charge in [0.25, 0.3) is 0 Å². The predicted molar refractivity (Wildman–Crippen MR) is 55.0 cm³/mol. The maximum atomic E-state index is 9.09. The third kappa shape index (κ3) is 1.49. The second kappa shape index (κ2) is 3.77. The van der Waals surface area contributed by atoms with Crippen LogP contribution in [0.5, 0.6) is 0 Å². The van der Waals surface area contributed by atoms with E-state index in [4.69, 9.17) is 5.11 Å². The Bertz CT molecular complexity index is 420. The summed E-state index contributed by atoms with van der Waals surface area (Å²) in [5, 5.41) is 12.1. The van der Waals surface area contributed by atoms with E-state index >= 15 is 0 Å². The molecule has 0 bridgehead atoms. The zero-order chi connectivity index (χ0) is 9.97. The van der Waals surface area contributed by atoms with Crippen LogP contribution in [0.1, 0.15) is 11.7 Å². The zero-order valence-corrected chi connectivity index (χ0v) is 7.99. The van der Waals surface area contributed by atoms with Gasteiger partial charge in [0.2, 0.25) is 0 Å². The van der Waals surface area contributed by atoms with Gasteiger partial charge in [0.15, 0.2) is 0 Å². The van der Waals surface area contributed by atoms with Gasteiger partial charge >= 0.3 is 0 Å². The number of hydrogen-bond acceptors (Lipinski definition) is 3. The molecule has 4 heteroatoms. The molecule has 2 aromatic rings. The van der Waals surface area contributed by atoms with E-state index in [1.807, 2.05) is 31.4 Å². The number of aromatic nitrogens is 2. The topological polar surface area (TPSA) is 60.9 Å². The van der Waals surface area contributed by atoms with Gasteiger partial charge in [0.05, 0.1) is 29.4 Å². The number of H-pyrrole nitrogens is 1. The van der Waals surface area contributed by atoms with Crippen LogP contribution >= 0.6 is 0 Å². The van der Waals surface area contributed by atoms with Crippen molar-refractivity contribution in [1.29, 1.82) is 0 Å². The molecule has 2 aromatic heterocycles. The highest BCUT2D eigenvalue weighted by Crippen LogP contribution is 2.14. The Morgan fingerprint density at radius 1 is 1.50 bits per heavy atom. The standard InChI is InChI=1S/C10H13N3O/c1-11-10(6-14)8-3-2-7-9(13-8)4-5-12-7/h2-5,10-12,14H,6H2,1H3/t10-/m0/s1. The van der Waals surface area contributed by atoms with E-state index in [2.05, 4.69) is 15.3 Å². The highest BCUT2D eigenvalue weighted by molar-refractivity contribution is 5.74. The highest BCUT2D eigenvalue weighted by Gasteiger charge is 2.09. The van der Waals surface area contributed by atoms with Crippen molar-refractivity contribution < 1.29 is 5.11 Å². The molecule has 0 aromatic carbocycles. The fraction of sp³-hybridized carbons (Fsp3) is 0.300. The molecule has 0 aliphatic rings. The van der Waals surface area contributed by atoms with E-state index in [1.54, 1.807) is 0 Å². The average Bonchev–Trinajstić information content (AvgIpc) is 2.66. The summed E-state index contributed by atoms with van der Waals surface area (Å²) in [7, 11) is 1.81. The van der Waals surface area contributed by atoms with Gasteiger partial charge in [-0.1, -0.05) is 0 Å². The molecule has 0 fully saturated rings. The third-order valence-corrected chi connectivity index (χ3v) is 2.31. The Morgan fingerprint density at radius 3 is 3.07 bits per heavy atom. The molecule has 0 amide bonds. The molecule has 2 heterocycles. The quantitative estimate of drug-likeness (QED) is 0.673. The minimum atomic E-state index is -0.0886. The van der Waals surface area contributed by atoms with Crippen molar-refractivity contribution >= 4 is 11.0 Å². The molecule has 0 saturated heterocycles. The van der Waals surface area contributed by atoms with Gasteiger partial charge < -0.3 is 15.4 Å². The predicted octanol–water partition coefficient (Wildman–Crippen LogP) is 0.816. The first-order valence-corrected chi connectivity index (χ1v) is 4.57. The summed E-state index contributed by atoms with van der Waals surface area (Å²) in [6.07, 6.45) is 1.86. The molecule has 1 atom stereocenters. The lowest BCUT2D eigenvalue weighted by Gasteiger charge is -2.11. The minimum Gasteiger partial charge on any atom is -0.394 e. The van der Waals surface area contributed by atoms with Crippen LogP contribution in [-0.4, -0.2) is 28.7 Å². The zero-order valence-electron chi connectivity index (χ0n) is 7.99. The molecule has 0 unspecified atom stereocenters. The summed E-state index contributed by atoms with van der Waals surface area (Å²) in [6, 6.07) is 5.71. The maximum absolute atomic E-state index is 9.09. The molecule has 14 heavy (non-hydrogen) atoms. The molecule has 2 rings (SSSR count). The molecular weight excluding hydrogens is 178 g/mol. The first-order valence-electron chi connectivity index (χ1n) is 4.57. The van der Waals surface area contributed by atoms with Crippen molar-refractivity contribution in [2.75, 3.05) is 13.7 Å². The van der Waals surface area contributed by atoms with Gasteiger partial charge in [-0.25, -0.2) is 4.98 Å². The monoisotopic (exact) mass is 191 g/mol. The Morgan fingerprint density at radius 2 is 2.36 bits per heavy atom. The number of hydrogen-bond donors (Lipinski definition) is 3. The lowest BCUT2D eigenvalue weighted by Crippen LogP contribution is -2.20. The largest absolute Gasteiger partial charge is 0.394 e. The van der Waals surface area contributed by atoms with Crippen LogP contribution in [0.4, 0.5) is 0 Å². The SMILES string of the molecule is CN[C@@H](CO)c1ccc2[nH]ccc2n1. The Hall–Kier alpha value is -1.39. The van der Waals surface area contributed by atoms with E-state index in [0.29, 0.717) is 0 Å². The van der Waals surface area contributed by atoms with Crippen molar-refractivity contribution in [3.05, 3.63) is 30.1 Å². The maximum Gasteiger partial charge on any atom is 0.0882 e. The summed E-state index contributed by atoms with van der Waals surface area (Å²) < 4.78 is 0. The van der Waals surface area contributed by atoms with Crippen LogP contribution in [0, 0.1) is 0 Å². The van der Waals surface area contributed by atoms with E-state index in [1.165, 1.54) is 0 Å². The molecule has 0 aliphatic heterocycles.